The topological polar surface area (TPSA) is 72.4 Å². The summed E-state index contributed by atoms with van der Waals surface area (Å²) >= 11 is -1.77. The first kappa shape index (κ1) is 17.9. The Balaban J connectivity index is 3.31. The zero-order chi connectivity index (χ0) is 16.4. The van der Waals surface area contributed by atoms with Crippen LogP contribution >= 0.6 is 0 Å². The smallest absolute Gasteiger partial charge is 0.340 e. The van der Waals surface area contributed by atoms with Crippen LogP contribution in [0.15, 0.2) is 24.3 Å². The average molecular weight is 319 g/mol. The molecular weight excluding hydrogens is 300 g/mol. The molecule has 1 unspecified atom stereocenters. The van der Waals surface area contributed by atoms with E-state index < -0.39 is 39.6 Å². The van der Waals surface area contributed by atoms with Crippen LogP contribution < -0.4 is 4.72 Å². The van der Waals surface area contributed by atoms with E-state index in [1.54, 1.807) is 20.8 Å². The van der Waals surface area contributed by atoms with Crippen molar-refractivity contribution in [3.05, 3.63) is 35.6 Å². The van der Waals surface area contributed by atoms with Gasteiger partial charge in [0.2, 0.25) is 6.17 Å². The van der Waals surface area contributed by atoms with Gasteiger partial charge in [-0.25, -0.2) is 13.6 Å². The maximum absolute atomic E-state index is 14.2. The SMILES string of the molecule is CC(N[S@+]([O-])C(C)(C)C)(c1ccccc1F)[C@@H](F)C(=O)O. The van der Waals surface area contributed by atoms with Crippen molar-refractivity contribution in [1.82, 2.24) is 4.72 Å². The number of alkyl halides is 1. The number of carboxylic acids is 1. The molecule has 118 valence electrons. The molecule has 0 aromatic heterocycles. The lowest BCUT2D eigenvalue weighted by Gasteiger charge is -2.35. The van der Waals surface area contributed by atoms with Crippen molar-refractivity contribution < 1.29 is 23.2 Å². The highest BCUT2D eigenvalue weighted by Crippen LogP contribution is 2.32. The minimum atomic E-state index is -2.46. The lowest BCUT2D eigenvalue weighted by molar-refractivity contribution is -0.145. The molecule has 0 aliphatic heterocycles. The van der Waals surface area contributed by atoms with E-state index in [4.69, 9.17) is 5.11 Å². The van der Waals surface area contributed by atoms with Gasteiger partial charge in [-0.3, -0.25) is 0 Å². The zero-order valence-electron chi connectivity index (χ0n) is 12.3. The number of hydrogen-bond acceptors (Lipinski definition) is 3. The van der Waals surface area contributed by atoms with Crippen molar-refractivity contribution in [2.45, 2.75) is 44.2 Å². The number of aliphatic carboxylic acids is 1. The third kappa shape index (κ3) is 3.93. The van der Waals surface area contributed by atoms with E-state index in [1.807, 2.05) is 0 Å². The molecule has 0 aliphatic carbocycles. The van der Waals surface area contributed by atoms with E-state index in [-0.39, 0.29) is 5.56 Å². The second-order valence-corrected chi connectivity index (χ2v) is 7.83. The Hall–Kier alpha value is -1.18. The molecule has 1 aromatic carbocycles. The van der Waals surface area contributed by atoms with E-state index in [9.17, 15) is 18.1 Å². The molecule has 3 atom stereocenters. The van der Waals surface area contributed by atoms with Crippen LogP contribution in [0.3, 0.4) is 0 Å². The highest BCUT2D eigenvalue weighted by molar-refractivity contribution is 7.90. The van der Waals surface area contributed by atoms with Crippen molar-refractivity contribution in [2.75, 3.05) is 0 Å². The van der Waals surface area contributed by atoms with Gasteiger partial charge in [0.1, 0.15) is 16.1 Å². The van der Waals surface area contributed by atoms with Crippen LogP contribution in [0.2, 0.25) is 0 Å². The van der Waals surface area contributed by atoms with Gasteiger partial charge in [-0.15, -0.1) is 4.72 Å². The molecular formula is C14H19F2NO3S. The summed E-state index contributed by atoms with van der Waals surface area (Å²) in [6.45, 7) is 6.12. The average Bonchev–Trinajstić information content (AvgIpc) is 2.36. The highest BCUT2D eigenvalue weighted by Gasteiger charge is 2.48. The fraction of sp³-hybridized carbons (Fsp3) is 0.500. The molecule has 0 aliphatic rings. The normalized spacial score (nSPS) is 17.9. The summed E-state index contributed by atoms with van der Waals surface area (Å²) < 4.78 is 42.1. The van der Waals surface area contributed by atoms with E-state index in [1.165, 1.54) is 25.1 Å². The maximum atomic E-state index is 14.2. The fourth-order valence-corrected chi connectivity index (χ4v) is 2.62. The van der Waals surface area contributed by atoms with Gasteiger partial charge >= 0.3 is 5.97 Å². The number of hydrogen-bond donors (Lipinski definition) is 2. The molecule has 0 saturated carbocycles. The largest absolute Gasteiger partial charge is 0.598 e. The van der Waals surface area contributed by atoms with Gasteiger partial charge in [-0.1, -0.05) is 18.2 Å². The third-order valence-electron chi connectivity index (χ3n) is 3.02. The Bertz CT molecular complexity index is 521. The van der Waals surface area contributed by atoms with Crippen LogP contribution in [0.1, 0.15) is 33.3 Å². The third-order valence-corrected chi connectivity index (χ3v) is 4.74. The lowest BCUT2D eigenvalue weighted by Crippen LogP contribution is -2.56. The van der Waals surface area contributed by atoms with Gasteiger partial charge < -0.3 is 9.66 Å². The van der Waals surface area contributed by atoms with E-state index >= 15 is 0 Å². The molecule has 2 N–H and O–H groups in total. The fourth-order valence-electron chi connectivity index (χ4n) is 1.72. The molecule has 0 radical (unpaired) electrons. The molecule has 21 heavy (non-hydrogen) atoms. The van der Waals surface area contributed by atoms with Gasteiger partial charge in [-0.05, 0) is 33.8 Å². The standard InChI is InChI=1S/C14H19F2NO3S/c1-13(2,3)21(20)17-14(4,11(16)12(18)19)9-7-5-6-8-10(9)15/h5-8,11,17H,1-4H3,(H,18,19)/t11-,14?,21+/m0/s1. The molecule has 7 heteroatoms. The van der Waals surface area contributed by atoms with Gasteiger partial charge in [-0.2, -0.15) is 0 Å². The summed E-state index contributed by atoms with van der Waals surface area (Å²) in [5.41, 5.74) is -2.13. The first-order chi connectivity index (χ1) is 9.50. The van der Waals surface area contributed by atoms with Crippen LogP contribution in [0.25, 0.3) is 0 Å². The van der Waals surface area contributed by atoms with Crippen LogP contribution in [-0.2, 0) is 21.7 Å². The number of carbonyl (C=O) groups is 1. The summed E-state index contributed by atoms with van der Waals surface area (Å²) in [5, 5.41) is 8.95. The van der Waals surface area contributed by atoms with E-state index in [2.05, 4.69) is 4.72 Å². The van der Waals surface area contributed by atoms with Crippen molar-refractivity contribution in [1.29, 1.82) is 0 Å². The van der Waals surface area contributed by atoms with E-state index in [0.29, 0.717) is 0 Å². The number of nitrogens with one attached hydrogen (secondary N) is 1. The number of carboxylic acid groups (broad SMARTS) is 1. The molecule has 0 bridgehead atoms. The zero-order valence-corrected chi connectivity index (χ0v) is 13.1. The van der Waals surface area contributed by atoms with Gasteiger partial charge in [0.05, 0.1) is 0 Å². The number of rotatable bonds is 5. The molecule has 1 rings (SSSR count). The van der Waals surface area contributed by atoms with Gasteiger partial charge in [0.25, 0.3) is 0 Å². The lowest BCUT2D eigenvalue weighted by atomic mass is 9.88. The Kier molecular flexibility index (Phi) is 5.35. The molecule has 0 amide bonds. The van der Waals surface area contributed by atoms with Gasteiger partial charge in [0.15, 0.2) is 0 Å². The van der Waals surface area contributed by atoms with Crippen molar-refractivity contribution >= 4 is 17.3 Å². The van der Waals surface area contributed by atoms with Crippen LogP contribution in [0.5, 0.6) is 0 Å². The summed E-state index contributed by atoms with van der Waals surface area (Å²) in [4.78, 5) is 11.0. The minimum absolute atomic E-state index is 0.183. The first-order valence-corrected chi connectivity index (χ1v) is 7.46. The quantitative estimate of drug-likeness (QED) is 0.818. The number of benzene rings is 1. The monoisotopic (exact) mass is 319 g/mol. The van der Waals surface area contributed by atoms with Crippen molar-refractivity contribution in [2.24, 2.45) is 0 Å². The Morgan fingerprint density at radius 1 is 1.33 bits per heavy atom. The summed E-state index contributed by atoms with van der Waals surface area (Å²) in [5.74, 6) is -2.51. The van der Waals surface area contributed by atoms with E-state index in [0.717, 1.165) is 6.07 Å². The Morgan fingerprint density at radius 2 is 1.86 bits per heavy atom. The maximum Gasteiger partial charge on any atom is 0.340 e. The van der Waals surface area contributed by atoms with Crippen LogP contribution in [0, 0.1) is 5.82 Å². The predicted octanol–water partition coefficient (Wildman–Crippen LogP) is 2.52. The van der Waals surface area contributed by atoms with Crippen molar-refractivity contribution in [3.8, 4) is 0 Å². The minimum Gasteiger partial charge on any atom is -0.598 e. The highest BCUT2D eigenvalue weighted by atomic mass is 32.2. The Labute approximate surface area is 125 Å². The molecule has 0 heterocycles. The summed E-state index contributed by atoms with van der Waals surface area (Å²) in [7, 11) is 0. The molecule has 0 saturated heterocycles. The first-order valence-electron chi connectivity index (χ1n) is 6.31. The van der Waals surface area contributed by atoms with Gasteiger partial charge in [0, 0.05) is 16.9 Å². The second-order valence-electron chi connectivity index (χ2n) is 5.87. The molecule has 1 aromatic rings. The molecule has 4 nitrogen and oxygen atoms in total. The molecule has 0 spiro atoms. The van der Waals surface area contributed by atoms with Crippen LogP contribution in [0.4, 0.5) is 8.78 Å². The molecule has 0 fully saturated rings. The number of halogens is 2. The summed E-state index contributed by atoms with van der Waals surface area (Å²) in [6, 6.07) is 5.25. The predicted molar refractivity (Wildman–Crippen MR) is 77.3 cm³/mol. The van der Waals surface area contributed by atoms with Crippen molar-refractivity contribution in [3.63, 3.8) is 0 Å². The van der Waals surface area contributed by atoms with Crippen LogP contribution in [-0.4, -0.2) is 26.5 Å². The Morgan fingerprint density at radius 3 is 2.29 bits per heavy atom. The second kappa shape index (κ2) is 6.29. The summed E-state index contributed by atoms with van der Waals surface area (Å²) in [6.07, 6.45) is -2.46.